The van der Waals surface area contributed by atoms with Crippen LogP contribution in [0.2, 0.25) is 0 Å². The fourth-order valence-electron chi connectivity index (χ4n) is 3.19. The Balaban J connectivity index is 2.23. The number of carbonyl (C=O) groups is 1. The van der Waals surface area contributed by atoms with E-state index in [1.165, 1.54) is 42.1 Å². The van der Waals surface area contributed by atoms with Crippen LogP contribution in [0.15, 0.2) is 53.5 Å². The third kappa shape index (κ3) is 3.00. The molecule has 0 bridgehead atoms. The lowest BCUT2D eigenvalue weighted by atomic mass is 9.81. The Labute approximate surface area is 148 Å². The number of rotatable bonds is 2. The minimum Gasteiger partial charge on any atom is -0.465 e. The third-order valence-electron chi connectivity index (χ3n) is 4.29. The predicted molar refractivity (Wildman–Crippen MR) is 93.7 cm³/mol. The second kappa shape index (κ2) is 6.48. The van der Waals surface area contributed by atoms with Gasteiger partial charge in [0.1, 0.15) is 17.2 Å². The molecule has 0 fully saturated rings. The maximum absolute atomic E-state index is 13.8. The van der Waals surface area contributed by atoms with E-state index in [2.05, 4.69) is 4.99 Å². The van der Waals surface area contributed by atoms with E-state index in [9.17, 15) is 18.7 Å². The summed E-state index contributed by atoms with van der Waals surface area (Å²) >= 11 is 1.18. The summed E-state index contributed by atoms with van der Waals surface area (Å²) in [5.41, 5.74) is -0.0916. The van der Waals surface area contributed by atoms with Gasteiger partial charge in [0, 0.05) is 0 Å². The molecule has 0 aromatic heterocycles. The van der Waals surface area contributed by atoms with Crippen LogP contribution in [0.4, 0.5) is 13.6 Å². The lowest BCUT2D eigenvalue weighted by Gasteiger charge is -2.33. The van der Waals surface area contributed by atoms with Crippen LogP contribution in [-0.2, 0) is 5.54 Å². The Morgan fingerprint density at radius 2 is 1.84 bits per heavy atom. The Bertz CT molecular complexity index is 858. The smallest absolute Gasteiger partial charge is 0.414 e. The highest BCUT2D eigenvalue weighted by Crippen LogP contribution is 2.48. The van der Waals surface area contributed by atoms with Gasteiger partial charge in [0.2, 0.25) is 0 Å². The average Bonchev–Trinajstić information content (AvgIpc) is 2.89. The maximum atomic E-state index is 13.8. The molecule has 0 unspecified atom stereocenters. The molecule has 0 saturated heterocycles. The molecule has 1 N–H and O–H groups in total. The van der Waals surface area contributed by atoms with Gasteiger partial charge >= 0.3 is 6.09 Å². The van der Waals surface area contributed by atoms with Crippen LogP contribution in [0.3, 0.4) is 0 Å². The fourth-order valence-corrected chi connectivity index (χ4v) is 3.85. The van der Waals surface area contributed by atoms with Crippen molar-refractivity contribution in [3.8, 4) is 0 Å². The van der Waals surface area contributed by atoms with Gasteiger partial charge < -0.3 is 5.11 Å². The van der Waals surface area contributed by atoms with Gasteiger partial charge in [-0.2, -0.15) is 0 Å². The summed E-state index contributed by atoms with van der Waals surface area (Å²) in [6, 6.07) is 10.8. The number of amides is 1. The molecule has 1 heterocycles. The molecule has 0 radical (unpaired) electrons. The molecule has 0 spiro atoms. The van der Waals surface area contributed by atoms with Crippen molar-refractivity contribution < 1.29 is 18.7 Å². The second-order valence-electron chi connectivity index (χ2n) is 5.87. The zero-order valence-electron chi connectivity index (χ0n) is 13.6. The minimum absolute atomic E-state index is 0.286. The average molecular weight is 362 g/mol. The first-order valence-electron chi connectivity index (χ1n) is 7.54. The molecule has 25 heavy (non-hydrogen) atoms. The van der Waals surface area contributed by atoms with Gasteiger partial charge in [0.05, 0.1) is 6.04 Å². The van der Waals surface area contributed by atoms with Gasteiger partial charge in [-0.15, -0.1) is 0 Å². The van der Waals surface area contributed by atoms with Crippen molar-refractivity contribution in [1.29, 1.82) is 0 Å². The first kappa shape index (κ1) is 17.4. The van der Waals surface area contributed by atoms with Crippen LogP contribution in [0, 0.1) is 11.6 Å². The molecular weight excluding hydrogens is 346 g/mol. The SMILES string of the molecule is CSC1=N[C@@](C)(c2cccc(F)c2)[C@@H](c2cccc(F)c2)N1C(=O)O. The molecule has 7 heteroatoms. The molecule has 1 amide bonds. The molecular formula is C18H16F2N2O2S. The number of nitrogens with zero attached hydrogens (tertiary/aromatic N) is 2. The first-order chi connectivity index (χ1) is 11.9. The molecule has 0 saturated carbocycles. The van der Waals surface area contributed by atoms with Crippen LogP contribution in [0.5, 0.6) is 0 Å². The Kier molecular flexibility index (Phi) is 4.51. The maximum Gasteiger partial charge on any atom is 0.414 e. The van der Waals surface area contributed by atoms with Crippen LogP contribution >= 0.6 is 11.8 Å². The molecule has 2 aromatic rings. The van der Waals surface area contributed by atoms with Crippen LogP contribution < -0.4 is 0 Å². The van der Waals surface area contributed by atoms with E-state index in [0.29, 0.717) is 11.1 Å². The Hall–Kier alpha value is -2.41. The molecule has 2 aromatic carbocycles. The van der Waals surface area contributed by atoms with Crippen molar-refractivity contribution in [1.82, 2.24) is 4.90 Å². The Morgan fingerprint density at radius 3 is 2.40 bits per heavy atom. The topological polar surface area (TPSA) is 52.9 Å². The normalized spacial score (nSPS) is 22.8. The molecule has 0 aliphatic carbocycles. The summed E-state index contributed by atoms with van der Waals surface area (Å²) in [4.78, 5) is 17.6. The first-order valence-corrected chi connectivity index (χ1v) is 8.77. The van der Waals surface area contributed by atoms with Gasteiger partial charge in [-0.1, -0.05) is 36.0 Å². The van der Waals surface area contributed by atoms with Crippen molar-refractivity contribution in [3.63, 3.8) is 0 Å². The number of carboxylic acid groups (broad SMARTS) is 1. The summed E-state index contributed by atoms with van der Waals surface area (Å²) < 4.78 is 27.6. The standard InChI is InChI=1S/C18H16F2N2O2S/c1-18(12-6-4-8-14(20)10-12)15(11-5-3-7-13(19)9-11)22(17(23)24)16(21-18)25-2/h3-10,15H,1-2H3,(H,23,24)/t15-,18+/m1/s1. The van der Waals surface area contributed by atoms with Crippen molar-refractivity contribution in [3.05, 3.63) is 71.3 Å². The number of amidine groups is 1. The van der Waals surface area contributed by atoms with Crippen molar-refractivity contribution >= 4 is 23.0 Å². The molecule has 2 atom stereocenters. The number of halogens is 2. The van der Waals surface area contributed by atoms with E-state index in [0.717, 1.165) is 4.90 Å². The number of hydrogen-bond acceptors (Lipinski definition) is 3. The lowest BCUT2D eigenvalue weighted by molar-refractivity contribution is 0.148. The highest BCUT2D eigenvalue weighted by Gasteiger charge is 2.50. The van der Waals surface area contributed by atoms with Crippen molar-refractivity contribution in [2.24, 2.45) is 4.99 Å². The van der Waals surface area contributed by atoms with Gasteiger partial charge in [0.15, 0.2) is 5.17 Å². The third-order valence-corrected chi connectivity index (χ3v) is 4.94. The van der Waals surface area contributed by atoms with Gasteiger partial charge in [-0.05, 0) is 48.6 Å². The van der Waals surface area contributed by atoms with Crippen LogP contribution in [-0.4, -0.2) is 27.5 Å². The number of hydrogen-bond donors (Lipinski definition) is 1. The molecule has 1 aliphatic rings. The summed E-state index contributed by atoms with van der Waals surface area (Å²) in [5, 5.41) is 10.00. The van der Waals surface area contributed by atoms with Crippen LogP contribution in [0.25, 0.3) is 0 Å². The fraction of sp³-hybridized carbons (Fsp3) is 0.222. The van der Waals surface area contributed by atoms with E-state index in [1.54, 1.807) is 31.4 Å². The highest BCUT2D eigenvalue weighted by atomic mass is 32.2. The van der Waals surface area contributed by atoms with Crippen LogP contribution in [0.1, 0.15) is 24.1 Å². The van der Waals surface area contributed by atoms with Crippen molar-refractivity contribution in [2.45, 2.75) is 18.5 Å². The van der Waals surface area contributed by atoms with E-state index in [-0.39, 0.29) is 5.17 Å². The molecule has 3 rings (SSSR count). The van der Waals surface area contributed by atoms with Gasteiger partial charge in [0.25, 0.3) is 0 Å². The number of thioether (sulfide) groups is 1. The van der Waals surface area contributed by atoms with E-state index >= 15 is 0 Å². The monoisotopic (exact) mass is 362 g/mol. The second-order valence-corrected chi connectivity index (χ2v) is 6.64. The van der Waals surface area contributed by atoms with Gasteiger partial charge in [-0.3, -0.25) is 0 Å². The zero-order valence-corrected chi connectivity index (χ0v) is 14.4. The molecule has 1 aliphatic heterocycles. The largest absolute Gasteiger partial charge is 0.465 e. The number of aliphatic imine (C=N–C) groups is 1. The molecule has 4 nitrogen and oxygen atoms in total. The van der Waals surface area contributed by atoms with Gasteiger partial charge in [-0.25, -0.2) is 23.5 Å². The zero-order chi connectivity index (χ0) is 18.2. The van der Waals surface area contributed by atoms with E-state index in [1.807, 2.05) is 0 Å². The summed E-state index contributed by atoms with van der Waals surface area (Å²) in [7, 11) is 0. The van der Waals surface area contributed by atoms with E-state index < -0.39 is 29.3 Å². The van der Waals surface area contributed by atoms with E-state index in [4.69, 9.17) is 0 Å². The van der Waals surface area contributed by atoms with Crippen molar-refractivity contribution in [2.75, 3.05) is 6.26 Å². The summed E-state index contributed by atoms with van der Waals surface area (Å²) in [5.74, 6) is -0.909. The number of benzene rings is 2. The molecule has 130 valence electrons. The lowest BCUT2D eigenvalue weighted by Crippen LogP contribution is -2.39. The summed E-state index contributed by atoms with van der Waals surface area (Å²) in [6.45, 7) is 1.73. The quantitative estimate of drug-likeness (QED) is 0.847. The Morgan fingerprint density at radius 1 is 1.20 bits per heavy atom. The highest BCUT2D eigenvalue weighted by molar-refractivity contribution is 8.13. The predicted octanol–water partition coefficient (Wildman–Crippen LogP) is 4.63. The summed E-state index contributed by atoms with van der Waals surface area (Å²) in [6.07, 6.45) is 0.525. The minimum atomic E-state index is -1.19.